The van der Waals surface area contributed by atoms with Crippen molar-refractivity contribution in [2.45, 2.75) is 70.8 Å². The molecule has 1 aliphatic carbocycles. The lowest BCUT2D eigenvalue weighted by atomic mass is 9.85. The van der Waals surface area contributed by atoms with Crippen molar-refractivity contribution in [3.63, 3.8) is 0 Å². The monoisotopic (exact) mass is 299 g/mol. The quantitative estimate of drug-likeness (QED) is 0.551. The third-order valence-corrected chi connectivity index (χ3v) is 4.05. The van der Waals surface area contributed by atoms with Crippen LogP contribution in [0.5, 0.6) is 0 Å². The summed E-state index contributed by atoms with van der Waals surface area (Å²) in [5.41, 5.74) is 0. The Morgan fingerprint density at radius 3 is 2.52 bits per heavy atom. The molecule has 1 saturated carbocycles. The zero-order valence-corrected chi connectivity index (χ0v) is 13.4. The largest absolute Gasteiger partial charge is 0.467 e. The highest BCUT2D eigenvalue weighted by molar-refractivity contribution is 5.81. The van der Waals surface area contributed by atoms with Crippen LogP contribution in [0.3, 0.4) is 0 Å². The van der Waals surface area contributed by atoms with Gasteiger partial charge in [-0.05, 0) is 18.8 Å². The first-order valence-corrected chi connectivity index (χ1v) is 8.18. The number of amides is 1. The fourth-order valence-corrected chi connectivity index (χ4v) is 2.81. The van der Waals surface area contributed by atoms with E-state index in [1.54, 1.807) is 0 Å². The van der Waals surface area contributed by atoms with Crippen LogP contribution in [-0.4, -0.2) is 31.8 Å². The molecule has 5 nitrogen and oxygen atoms in total. The molecule has 0 radical (unpaired) electrons. The highest BCUT2D eigenvalue weighted by atomic mass is 16.6. The number of hydrogen-bond donors (Lipinski definition) is 1. The van der Waals surface area contributed by atoms with Gasteiger partial charge in [-0.25, -0.2) is 9.59 Å². The first-order chi connectivity index (χ1) is 10.2. The zero-order chi connectivity index (χ0) is 15.5. The van der Waals surface area contributed by atoms with Crippen molar-refractivity contribution < 1.29 is 19.1 Å². The van der Waals surface area contributed by atoms with Crippen LogP contribution < -0.4 is 5.32 Å². The van der Waals surface area contributed by atoms with E-state index in [-0.39, 0.29) is 5.97 Å². The lowest BCUT2D eigenvalue weighted by Crippen LogP contribution is -2.43. The lowest BCUT2D eigenvalue weighted by molar-refractivity contribution is -0.143. The summed E-state index contributed by atoms with van der Waals surface area (Å²) in [6.45, 7) is 2.49. The summed E-state index contributed by atoms with van der Waals surface area (Å²) >= 11 is 0. The zero-order valence-electron chi connectivity index (χ0n) is 13.4. The van der Waals surface area contributed by atoms with Gasteiger partial charge in [-0.15, -0.1) is 0 Å². The highest BCUT2D eigenvalue weighted by Crippen LogP contribution is 2.27. The number of ether oxygens (including phenoxy) is 2. The Bertz CT molecular complexity index is 313. The Balaban J connectivity index is 2.37. The minimum absolute atomic E-state index is 0.383. The molecule has 0 unspecified atom stereocenters. The molecular formula is C16H29NO4. The Morgan fingerprint density at radius 2 is 1.90 bits per heavy atom. The van der Waals surface area contributed by atoms with Crippen LogP contribution in [0.25, 0.3) is 0 Å². The van der Waals surface area contributed by atoms with E-state index in [1.165, 1.54) is 26.4 Å². The predicted molar refractivity (Wildman–Crippen MR) is 81.0 cm³/mol. The van der Waals surface area contributed by atoms with Gasteiger partial charge in [-0.2, -0.15) is 0 Å². The molecule has 0 aliphatic heterocycles. The summed E-state index contributed by atoms with van der Waals surface area (Å²) < 4.78 is 9.89. The van der Waals surface area contributed by atoms with Gasteiger partial charge >= 0.3 is 12.1 Å². The Morgan fingerprint density at radius 1 is 1.19 bits per heavy atom. The minimum Gasteiger partial charge on any atom is -0.467 e. The normalized spacial score (nSPS) is 17.0. The van der Waals surface area contributed by atoms with E-state index < -0.39 is 12.1 Å². The van der Waals surface area contributed by atoms with Crippen LogP contribution in [0.2, 0.25) is 0 Å². The summed E-state index contributed by atoms with van der Waals surface area (Å²) in [6.07, 6.45) is 9.05. The van der Waals surface area contributed by atoms with Crippen LogP contribution in [0.15, 0.2) is 0 Å². The Kier molecular flexibility index (Phi) is 8.87. The number of esters is 1. The van der Waals surface area contributed by atoms with Gasteiger partial charge in [-0.1, -0.05) is 51.9 Å². The first kappa shape index (κ1) is 17.8. The Hall–Kier alpha value is -1.26. The number of nitrogens with one attached hydrogen (secondary N) is 1. The molecule has 5 heteroatoms. The number of alkyl carbamates (subject to hydrolysis) is 1. The van der Waals surface area contributed by atoms with Crippen molar-refractivity contribution in [3.05, 3.63) is 0 Å². The van der Waals surface area contributed by atoms with E-state index >= 15 is 0 Å². The summed E-state index contributed by atoms with van der Waals surface area (Å²) in [6, 6.07) is -0.586. The molecule has 0 spiro atoms. The molecule has 1 fully saturated rings. The summed E-state index contributed by atoms with van der Waals surface area (Å²) in [5, 5.41) is 2.66. The Labute approximate surface area is 127 Å². The molecule has 122 valence electrons. The average molecular weight is 299 g/mol. The van der Waals surface area contributed by atoms with E-state index in [0.717, 1.165) is 32.1 Å². The number of carbonyl (C=O) groups is 2. The van der Waals surface area contributed by atoms with E-state index in [9.17, 15) is 9.59 Å². The topological polar surface area (TPSA) is 64.6 Å². The van der Waals surface area contributed by atoms with Crippen molar-refractivity contribution in [2.75, 3.05) is 13.7 Å². The number of rotatable bonds is 8. The van der Waals surface area contributed by atoms with E-state index in [1.807, 2.05) is 0 Å². The lowest BCUT2D eigenvalue weighted by Gasteiger charge is -2.25. The molecule has 0 aromatic rings. The third kappa shape index (κ3) is 7.34. The van der Waals surface area contributed by atoms with E-state index in [2.05, 4.69) is 12.2 Å². The summed E-state index contributed by atoms with van der Waals surface area (Å²) in [5.74, 6) is 0.106. The summed E-state index contributed by atoms with van der Waals surface area (Å²) in [7, 11) is 1.35. The second-order valence-electron chi connectivity index (χ2n) is 5.80. The number of hydrogen-bond acceptors (Lipinski definition) is 4. The predicted octanol–water partition coefficient (Wildman–Crippen LogP) is 3.41. The third-order valence-electron chi connectivity index (χ3n) is 4.05. The standard InChI is InChI=1S/C16H29NO4/c1-3-4-8-11-21-16(19)17-14(15(18)20-2)12-13-9-6-5-7-10-13/h13-14H,3-12H2,1-2H3,(H,17,19)/t14-/m0/s1. The fourth-order valence-electron chi connectivity index (χ4n) is 2.81. The number of methoxy groups -OCH3 is 1. The molecule has 0 aromatic heterocycles. The fraction of sp³-hybridized carbons (Fsp3) is 0.875. The highest BCUT2D eigenvalue weighted by Gasteiger charge is 2.26. The van der Waals surface area contributed by atoms with Crippen molar-refractivity contribution >= 4 is 12.1 Å². The maximum atomic E-state index is 11.8. The average Bonchev–Trinajstić information content (AvgIpc) is 2.51. The minimum atomic E-state index is -0.586. The van der Waals surface area contributed by atoms with Gasteiger partial charge in [0.25, 0.3) is 0 Å². The van der Waals surface area contributed by atoms with Crippen LogP contribution in [-0.2, 0) is 14.3 Å². The van der Waals surface area contributed by atoms with E-state index in [0.29, 0.717) is 18.9 Å². The number of carbonyl (C=O) groups excluding carboxylic acids is 2. The van der Waals surface area contributed by atoms with Gasteiger partial charge in [-0.3, -0.25) is 0 Å². The molecule has 1 rings (SSSR count). The van der Waals surface area contributed by atoms with Crippen LogP contribution in [0.1, 0.15) is 64.7 Å². The van der Waals surface area contributed by atoms with Crippen LogP contribution >= 0.6 is 0 Å². The van der Waals surface area contributed by atoms with Crippen LogP contribution in [0.4, 0.5) is 4.79 Å². The maximum absolute atomic E-state index is 11.8. The first-order valence-electron chi connectivity index (χ1n) is 8.18. The second kappa shape index (κ2) is 10.5. The van der Waals surface area contributed by atoms with Crippen molar-refractivity contribution in [1.29, 1.82) is 0 Å². The SMILES string of the molecule is CCCCCOC(=O)N[C@@H](CC1CCCCC1)C(=O)OC. The molecule has 21 heavy (non-hydrogen) atoms. The van der Waals surface area contributed by atoms with Gasteiger partial charge in [0.2, 0.25) is 0 Å². The van der Waals surface area contributed by atoms with E-state index in [4.69, 9.17) is 9.47 Å². The molecule has 1 N–H and O–H groups in total. The van der Waals surface area contributed by atoms with Gasteiger partial charge in [0, 0.05) is 0 Å². The second-order valence-corrected chi connectivity index (χ2v) is 5.80. The summed E-state index contributed by atoms with van der Waals surface area (Å²) in [4.78, 5) is 23.5. The van der Waals surface area contributed by atoms with Crippen molar-refractivity contribution in [2.24, 2.45) is 5.92 Å². The van der Waals surface area contributed by atoms with Crippen LogP contribution in [0, 0.1) is 5.92 Å². The van der Waals surface area contributed by atoms with Gasteiger partial charge in [0.15, 0.2) is 0 Å². The molecular weight excluding hydrogens is 270 g/mol. The van der Waals surface area contributed by atoms with Crippen molar-refractivity contribution in [3.8, 4) is 0 Å². The maximum Gasteiger partial charge on any atom is 0.407 e. The molecule has 0 saturated heterocycles. The molecule has 0 bridgehead atoms. The molecule has 1 amide bonds. The smallest absolute Gasteiger partial charge is 0.407 e. The molecule has 0 heterocycles. The molecule has 1 aliphatic rings. The molecule has 1 atom stereocenters. The van der Waals surface area contributed by atoms with Gasteiger partial charge in [0.05, 0.1) is 13.7 Å². The van der Waals surface area contributed by atoms with Gasteiger partial charge in [0.1, 0.15) is 6.04 Å². The van der Waals surface area contributed by atoms with Crippen molar-refractivity contribution in [1.82, 2.24) is 5.32 Å². The molecule has 0 aromatic carbocycles. The number of unbranched alkanes of at least 4 members (excludes halogenated alkanes) is 2. The van der Waals surface area contributed by atoms with Gasteiger partial charge < -0.3 is 14.8 Å².